The number of unbranched alkanes of at least 4 members (excludes halogenated alkanes) is 1. The van der Waals surface area contributed by atoms with Crippen LogP contribution in [-0.2, 0) is 16.1 Å². The van der Waals surface area contributed by atoms with E-state index in [0.29, 0.717) is 13.1 Å². The summed E-state index contributed by atoms with van der Waals surface area (Å²) in [5, 5.41) is 11.1. The molecule has 110 valence electrons. The van der Waals surface area contributed by atoms with Crippen LogP contribution in [0, 0.1) is 6.92 Å². The summed E-state index contributed by atoms with van der Waals surface area (Å²) in [5.74, 6) is -1.22. The van der Waals surface area contributed by atoms with E-state index in [0.717, 1.165) is 18.5 Å². The summed E-state index contributed by atoms with van der Waals surface area (Å²) in [6.07, 6.45) is 1.39. The minimum Gasteiger partial charge on any atom is -0.481 e. The molecule has 0 aliphatic heterocycles. The molecule has 0 aliphatic rings. The number of rotatable bonds is 8. The van der Waals surface area contributed by atoms with Gasteiger partial charge in [-0.15, -0.1) is 0 Å². The molecule has 0 spiro atoms. The summed E-state index contributed by atoms with van der Waals surface area (Å²) in [5.41, 5.74) is 0.901. The average Bonchev–Trinajstić information content (AvgIpc) is 2.39. The van der Waals surface area contributed by atoms with E-state index >= 15 is 0 Å². The Morgan fingerprint density at radius 2 is 2.00 bits per heavy atom. The molecule has 1 amide bonds. The minimum absolute atomic E-state index is 0.00653. The summed E-state index contributed by atoms with van der Waals surface area (Å²) in [6.45, 7) is 3.00. The van der Waals surface area contributed by atoms with E-state index in [1.165, 1.54) is 6.07 Å². The Labute approximate surface area is 117 Å². The highest BCUT2D eigenvalue weighted by atomic mass is 16.4. The number of nitrogens with zero attached hydrogens (tertiary/aromatic N) is 1. The zero-order valence-electron chi connectivity index (χ0n) is 11.6. The predicted molar refractivity (Wildman–Crippen MR) is 74.6 cm³/mol. The van der Waals surface area contributed by atoms with Crippen molar-refractivity contribution in [1.82, 2.24) is 9.88 Å². The third-order valence-electron chi connectivity index (χ3n) is 2.96. The van der Waals surface area contributed by atoms with E-state index in [4.69, 9.17) is 5.11 Å². The number of amides is 1. The van der Waals surface area contributed by atoms with Gasteiger partial charge in [0.15, 0.2) is 0 Å². The highest BCUT2D eigenvalue weighted by Crippen LogP contribution is 1.98. The smallest absolute Gasteiger partial charge is 0.303 e. The number of aryl methyl sites for hydroxylation is 1. The number of carbonyl (C=O) groups is 2. The van der Waals surface area contributed by atoms with Crippen molar-refractivity contribution in [3.63, 3.8) is 0 Å². The Hall–Kier alpha value is -2.11. The Morgan fingerprint density at radius 1 is 1.25 bits per heavy atom. The van der Waals surface area contributed by atoms with E-state index in [1.54, 1.807) is 10.6 Å². The zero-order chi connectivity index (χ0) is 15.0. The van der Waals surface area contributed by atoms with Crippen molar-refractivity contribution in [3.05, 3.63) is 34.2 Å². The topological polar surface area (TPSA) is 88.4 Å². The maximum Gasteiger partial charge on any atom is 0.303 e. The fourth-order valence-corrected chi connectivity index (χ4v) is 1.84. The fraction of sp³-hybridized carbons (Fsp3) is 0.500. The van der Waals surface area contributed by atoms with Crippen molar-refractivity contribution in [3.8, 4) is 0 Å². The lowest BCUT2D eigenvalue weighted by Crippen LogP contribution is -2.26. The largest absolute Gasteiger partial charge is 0.481 e. The molecule has 0 fully saturated rings. The lowest BCUT2D eigenvalue weighted by Gasteiger charge is -2.09. The van der Waals surface area contributed by atoms with Crippen LogP contribution >= 0.6 is 0 Å². The van der Waals surface area contributed by atoms with E-state index in [9.17, 15) is 14.4 Å². The molecule has 0 aromatic carbocycles. The second kappa shape index (κ2) is 8.14. The third kappa shape index (κ3) is 5.69. The van der Waals surface area contributed by atoms with E-state index in [-0.39, 0.29) is 24.3 Å². The molecule has 0 atom stereocenters. The second-order valence-corrected chi connectivity index (χ2v) is 4.61. The average molecular weight is 280 g/mol. The second-order valence-electron chi connectivity index (χ2n) is 4.61. The number of carboxylic acid groups (broad SMARTS) is 1. The van der Waals surface area contributed by atoms with Crippen LogP contribution in [0.2, 0.25) is 0 Å². The van der Waals surface area contributed by atoms with Crippen LogP contribution in [0.1, 0.15) is 31.4 Å². The molecule has 0 radical (unpaired) electrons. The number of hydrogen-bond acceptors (Lipinski definition) is 3. The highest BCUT2D eigenvalue weighted by Gasteiger charge is 2.04. The Kier molecular flexibility index (Phi) is 6.49. The van der Waals surface area contributed by atoms with Crippen molar-refractivity contribution in [2.24, 2.45) is 0 Å². The van der Waals surface area contributed by atoms with Crippen molar-refractivity contribution in [2.45, 2.75) is 39.2 Å². The molecular formula is C14H20N2O4. The van der Waals surface area contributed by atoms with Gasteiger partial charge in [0.1, 0.15) is 0 Å². The number of nitrogens with one attached hydrogen (secondary N) is 1. The molecular weight excluding hydrogens is 260 g/mol. The van der Waals surface area contributed by atoms with E-state index in [1.807, 2.05) is 13.0 Å². The molecule has 6 nitrogen and oxygen atoms in total. The Morgan fingerprint density at radius 3 is 2.65 bits per heavy atom. The number of carbonyl (C=O) groups excluding carboxylic acids is 1. The zero-order valence-corrected chi connectivity index (χ0v) is 11.6. The van der Waals surface area contributed by atoms with Crippen LogP contribution in [-0.4, -0.2) is 28.1 Å². The standard InChI is InChI=1S/C14H20N2O4/c1-11-5-4-6-13(18)16(11)10-3-2-9-15-12(17)7-8-14(19)20/h4-6H,2-3,7-10H2,1H3,(H,15,17)(H,19,20). The first-order chi connectivity index (χ1) is 9.50. The molecule has 0 bridgehead atoms. The highest BCUT2D eigenvalue weighted by molar-refractivity contribution is 5.80. The molecule has 2 N–H and O–H groups in total. The van der Waals surface area contributed by atoms with Crippen molar-refractivity contribution in [2.75, 3.05) is 6.54 Å². The van der Waals surface area contributed by atoms with Gasteiger partial charge in [0, 0.05) is 31.3 Å². The molecule has 0 saturated heterocycles. The van der Waals surface area contributed by atoms with Gasteiger partial charge in [-0.3, -0.25) is 14.4 Å². The normalized spacial score (nSPS) is 10.2. The molecule has 20 heavy (non-hydrogen) atoms. The predicted octanol–water partition coefficient (Wildman–Crippen LogP) is 0.918. The molecule has 1 heterocycles. The molecule has 6 heteroatoms. The van der Waals surface area contributed by atoms with Gasteiger partial charge < -0.3 is 15.0 Å². The minimum atomic E-state index is -0.973. The number of aromatic nitrogens is 1. The third-order valence-corrected chi connectivity index (χ3v) is 2.96. The van der Waals surface area contributed by atoms with Gasteiger partial charge >= 0.3 is 5.97 Å². The maximum absolute atomic E-state index is 11.6. The Bertz CT molecular complexity index is 522. The molecule has 1 aromatic heterocycles. The number of pyridine rings is 1. The molecule has 0 saturated carbocycles. The fourth-order valence-electron chi connectivity index (χ4n) is 1.84. The summed E-state index contributed by atoms with van der Waals surface area (Å²) in [7, 11) is 0. The van der Waals surface area contributed by atoms with Crippen molar-refractivity contribution >= 4 is 11.9 Å². The molecule has 0 aliphatic carbocycles. The summed E-state index contributed by atoms with van der Waals surface area (Å²) in [6, 6.07) is 5.15. The van der Waals surface area contributed by atoms with Gasteiger partial charge in [0.05, 0.1) is 6.42 Å². The first kappa shape index (κ1) is 15.9. The van der Waals surface area contributed by atoms with Gasteiger partial charge in [-0.1, -0.05) is 6.07 Å². The lowest BCUT2D eigenvalue weighted by atomic mass is 10.2. The summed E-state index contributed by atoms with van der Waals surface area (Å²) >= 11 is 0. The van der Waals surface area contributed by atoms with Gasteiger partial charge in [-0.05, 0) is 25.8 Å². The number of carboxylic acids is 1. The van der Waals surface area contributed by atoms with Crippen LogP contribution < -0.4 is 10.9 Å². The summed E-state index contributed by atoms with van der Waals surface area (Å²) in [4.78, 5) is 33.1. The lowest BCUT2D eigenvalue weighted by molar-refractivity contribution is -0.138. The van der Waals surface area contributed by atoms with Crippen LogP contribution in [0.15, 0.2) is 23.0 Å². The van der Waals surface area contributed by atoms with Crippen LogP contribution in [0.3, 0.4) is 0 Å². The van der Waals surface area contributed by atoms with E-state index in [2.05, 4.69) is 5.32 Å². The first-order valence-electron chi connectivity index (χ1n) is 6.65. The van der Waals surface area contributed by atoms with Crippen LogP contribution in [0.25, 0.3) is 0 Å². The van der Waals surface area contributed by atoms with Crippen molar-refractivity contribution in [1.29, 1.82) is 0 Å². The van der Waals surface area contributed by atoms with Gasteiger partial charge in [0.25, 0.3) is 5.56 Å². The summed E-state index contributed by atoms with van der Waals surface area (Å²) < 4.78 is 1.70. The van der Waals surface area contributed by atoms with Crippen LogP contribution in [0.5, 0.6) is 0 Å². The van der Waals surface area contributed by atoms with Crippen molar-refractivity contribution < 1.29 is 14.7 Å². The van der Waals surface area contributed by atoms with Crippen LogP contribution in [0.4, 0.5) is 0 Å². The maximum atomic E-state index is 11.6. The van der Waals surface area contributed by atoms with Gasteiger partial charge in [-0.2, -0.15) is 0 Å². The quantitative estimate of drug-likeness (QED) is 0.693. The first-order valence-corrected chi connectivity index (χ1v) is 6.65. The monoisotopic (exact) mass is 280 g/mol. The van der Waals surface area contributed by atoms with E-state index < -0.39 is 5.97 Å². The molecule has 1 rings (SSSR count). The Balaban J connectivity index is 2.21. The molecule has 0 unspecified atom stereocenters. The number of aliphatic carboxylic acids is 1. The molecule has 1 aromatic rings. The van der Waals surface area contributed by atoms with Gasteiger partial charge in [0.2, 0.25) is 5.91 Å². The SMILES string of the molecule is Cc1cccc(=O)n1CCCCNC(=O)CCC(=O)O. The van der Waals surface area contributed by atoms with Gasteiger partial charge in [-0.25, -0.2) is 0 Å². The number of hydrogen-bond donors (Lipinski definition) is 2.